The van der Waals surface area contributed by atoms with Crippen LogP contribution >= 0.6 is 0 Å². The molecule has 2 N–H and O–H groups in total. The van der Waals surface area contributed by atoms with E-state index in [-0.39, 0.29) is 11.9 Å². The molecule has 0 bridgehead atoms. The van der Waals surface area contributed by atoms with E-state index in [1.165, 1.54) is 0 Å². The quantitative estimate of drug-likeness (QED) is 0.876. The van der Waals surface area contributed by atoms with Crippen molar-refractivity contribution in [3.63, 3.8) is 0 Å². The van der Waals surface area contributed by atoms with E-state index in [4.69, 9.17) is 4.74 Å². The van der Waals surface area contributed by atoms with Crippen LogP contribution in [0, 0.1) is 0 Å². The van der Waals surface area contributed by atoms with Gasteiger partial charge in [0.15, 0.2) is 0 Å². The van der Waals surface area contributed by atoms with Gasteiger partial charge in [-0.3, -0.25) is 0 Å². The van der Waals surface area contributed by atoms with Crippen molar-refractivity contribution in [1.29, 1.82) is 0 Å². The maximum Gasteiger partial charge on any atom is 0.119 e. The van der Waals surface area contributed by atoms with Crippen LogP contribution in [0.4, 0.5) is 0 Å². The first-order chi connectivity index (χ1) is 9.54. The fraction of sp³-hybridized carbons (Fsp3) is 0.294. The molecule has 0 aliphatic heterocycles. The first kappa shape index (κ1) is 14.4. The Morgan fingerprint density at radius 3 is 2.35 bits per heavy atom. The van der Waals surface area contributed by atoms with Crippen molar-refractivity contribution in [2.75, 3.05) is 0 Å². The molecule has 2 aromatic rings. The van der Waals surface area contributed by atoms with Gasteiger partial charge in [-0.05, 0) is 49.2 Å². The van der Waals surface area contributed by atoms with Gasteiger partial charge in [-0.15, -0.1) is 0 Å². The number of benzene rings is 2. The summed E-state index contributed by atoms with van der Waals surface area (Å²) in [7, 11) is 0. The molecule has 0 radical (unpaired) electrons. The zero-order chi connectivity index (χ0) is 14.5. The third-order valence-corrected chi connectivity index (χ3v) is 2.98. The zero-order valence-corrected chi connectivity index (χ0v) is 11.8. The van der Waals surface area contributed by atoms with Gasteiger partial charge in [-0.25, -0.2) is 0 Å². The summed E-state index contributed by atoms with van der Waals surface area (Å²) in [6.45, 7) is 3.95. The van der Waals surface area contributed by atoms with E-state index < -0.39 is 6.10 Å². The second kappa shape index (κ2) is 6.44. The summed E-state index contributed by atoms with van der Waals surface area (Å²) >= 11 is 0. The van der Waals surface area contributed by atoms with Gasteiger partial charge >= 0.3 is 0 Å². The lowest BCUT2D eigenvalue weighted by atomic mass is 10.0. The summed E-state index contributed by atoms with van der Waals surface area (Å²) in [4.78, 5) is 0. The molecule has 3 nitrogen and oxygen atoms in total. The predicted molar refractivity (Wildman–Crippen MR) is 79.0 cm³/mol. The lowest BCUT2D eigenvalue weighted by molar-refractivity contribution is 0.178. The van der Waals surface area contributed by atoms with Crippen molar-refractivity contribution in [1.82, 2.24) is 0 Å². The summed E-state index contributed by atoms with van der Waals surface area (Å²) in [5.74, 6) is 1.02. The smallest absolute Gasteiger partial charge is 0.119 e. The van der Waals surface area contributed by atoms with Crippen LogP contribution < -0.4 is 4.74 Å². The van der Waals surface area contributed by atoms with Crippen molar-refractivity contribution in [2.24, 2.45) is 0 Å². The molecule has 1 atom stereocenters. The van der Waals surface area contributed by atoms with Crippen LogP contribution in [0.3, 0.4) is 0 Å². The normalized spacial score (nSPS) is 12.4. The van der Waals surface area contributed by atoms with Gasteiger partial charge in [0.25, 0.3) is 0 Å². The average molecular weight is 272 g/mol. The maximum absolute atomic E-state index is 10.2. The molecule has 0 heterocycles. The van der Waals surface area contributed by atoms with Gasteiger partial charge in [0.05, 0.1) is 12.2 Å². The van der Waals surface area contributed by atoms with E-state index in [2.05, 4.69) is 0 Å². The van der Waals surface area contributed by atoms with Crippen LogP contribution in [0.1, 0.15) is 31.1 Å². The molecular weight excluding hydrogens is 252 g/mol. The third kappa shape index (κ3) is 4.00. The molecule has 0 saturated heterocycles. The Balaban J connectivity index is 2.03. The standard InChI is InChI=1S/C17H20O3/c1-12(2)20-16-8-6-14(7-9-16)17(19)11-13-4-3-5-15(18)10-13/h3-10,12,17-19H,11H2,1-2H3. The topological polar surface area (TPSA) is 49.7 Å². The molecule has 0 amide bonds. The Morgan fingerprint density at radius 1 is 1.05 bits per heavy atom. The van der Waals surface area contributed by atoms with Crippen LogP contribution in [0.2, 0.25) is 0 Å². The van der Waals surface area contributed by atoms with Crippen molar-refractivity contribution < 1.29 is 14.9 Å². The van der Waals surface area contributed by atoms with Crippen molar-refractivity contribution in [3.05, 3.63) is 59.7 Å². The molecule has 106 valence electrons. The Morgan fingerprint density at radius 2 is 1.75 bits per heavy atom. The number of ether oxygens (including phenoxy) is 1. The molecule has 20 heavy (non-hydrogen) atoms. The largest absolute Gasteiger partial charge is 0.508 e. The number of aliphatic hydroxyl groups is 1. The van der Waals surface area contributed by atoms with Crippen LogP contribution in [0.25, 0.3) is 0 Å². The minimum Gasteiger partial charge on any atom is -0.508 e. The van der Waals surface area contributed by atoms with Gasteiger partial charge in [0.1, 0.15) is 11.5 Å². The summed E-state index contributed by atoms with van der Waals surface area (Å²) in [5.41, 5.74) is 1.74. The predicted octanol–water partition coefficient (Wildman–Crippen LogP) is 3.46. The van der Waals surface area contributed by atoms with E-state index in [1.807, 2.05) is 44.2 Å². The first-order valence-corrected chi connectivity index (χ1v) is 6.77. The van der Waals surface area contributed by atoms with Gasteiger partial charge in [-0.1, -0.05) is 24.3 Å². The van der Waals surface area contributed by atoms with Gasteiger partial charge in [0.2, 0.25) is 0 Å². The summed E-state index contributed by atoms with van der Waals surface area (Å²) in [6.07, 6.45) is 0.0154. The van der Waals surface area contributed by atoms with Crippen molar-refractivity contribution >= 4 is 0 Å². The Hall–Kier alpha value is -2.00. The number of phenols is 1. The molecule has 0 aliphatic rings. The van der Waals surface area contributed by atoms with E-state index >= 15 is 0 Å². The highest BCUT2D eigenvalue weighted by Crippen LogP contribution is 2.23. The molecule has 0 fully saturated rings. The highest BCUT2D eigenvalue weighted by atomic mass is 16.5. The Kier molecular flexibility index (Phi) is 4.64. The van der Waals surface area contributed by atoms with E-state index in [1.54, 1.807) is 18.2 Å². The minimum atomic E-state index is -0.593. The van der Waals surface area contributed by atoms with E-state index in [0.717, 1.165) is 16.9 Å². The van der Waals surface area contributed by atoms with Crippen LogP contribution in [-0.2, 0) is 6.42 Å². The van der Waals surface area contributed by atoms with Gasteiger partial charge in [-0.2, -0.15) is 0 Å². The van der Waals surface area contributed by atoms with Crippen molar-refractivity contribution in [3.8, 4) is 11.5 Å². The zero-order valence-electron chi connectivity index (χ0n) is 11.8. The van der Waals surface area contributed by atoms with Gasteiger partial charge in [0, 0.05) is 6.42 Å². The number of hydrogen-bond acceptors (Lipinski definition) is 3. The molecule has 3 heteroatoms. The number of aliphatic hydroxyl groups excluding tert-OH is 1. The van der Waals surface area contributed by atoms with E-state index in [9.17, 15) is 10.2 Å². The highest BCUT2D eigenvalue weighted by molar-refractivity contribution is 5.31. The lowest BCUT2D eigenvalue weighted by Gasteiger charge is -2.13. The van der Waals surface area contributed by atoms with Crippen molar-refractivity contribution in [2.45, 2.75) is 32.5 Å². The molecular formula is C17H20O3. The number of aromatic hydroxyl groups is 1. The molecule has 1 unspecified atom stereocenters. The average Bonchev–Trinajstić information content (AvgIpc) is 2.38. The second-order valence-electron chi connectivity index (χ2n) is 5.13. The molecule has 0 aromatic heterocycles. The second-order valence-corrected chi connectivity index (χ2v) is 5.13. The van der Waals surface area contributed by atoms with Crippen LogP contribution in [0.5, 0.6) is 11.5 Å². The summed E-state index contributed by atoms with van der Waals surface area (Å²) in [5, 5.41) is 19.6. The highest BCUT2D eigenvalue weighted by Gasteiger charge is 2.09. The van der Waals surface area contributed by atoms with Crippen LogP contribution in [-0.4, -0.2) is 16.3 Å². The van der Waals surface area contributed by atoms with Crippen LogP contribution in [0.15, 0.2) is 48.5 Å². The fourth-order valence-corrected chi connectivity index (χ4v) is 2.07. The Labute approximate surface area is 119 Å². The SMILES string of the molecule is CC(C)Oc1ccc(C(O)Cc2cccc(O)c2)cc1. The maximum atomic E-state index is 10.2. The number of phenolic OH excluding ortho intramolecular Hbond substituents is 1. The number of hydrogen-bond donors (Lipinski definition) is 2. The Bertz CT molecular complexity index is 546. The first-order valence-electron chi connectivity index (χ1n) is 6.77. The molecule has 0 saturated carbocycles. The molecule has 2 aromatic carbocycles. The lowest BCUT2D eigenvalue weighted by Crippen LogP contribution is -2.06. The minimum absolute atomic E-state index is 0.137. The summed E-state index contributed by atoms with van der Waals surface area (Å²) < 4.78 is 5.57. The molecule has 2 rings (SSSR count). The van der Waals surface area contributed by atoms with Gasteiger partial charge < -0.3 is 14.9 Å². The fourth-order valence-electron chi connectivity index (χ4n) is 2.07. The summed E-state index contributed by atoms with van der Waals surface area (Å²) in [6, 6.07) is 14.4. The monoisotopic (exact) mass is 272 g/mol. The molecule has 0 aliphatic carbocycles. The third-order valence-electron chi connectivity index (χ3n) is 2.98. The van der Waals surface area contributed by atoms with E-state index in [0.29, 0.717) is 6.42 Å². The molecule has 0 spiro atoms. The number of rotatable bonds is 5.